The van der Waals surface area contributed by atoms with E-state index in [0.717, 1.165) is 0 Å². The molecule has 0 aliphatic carbocycles. The summed E-state index contributed by atoms with van der Waals surface area (Å²) in [6.07, 6.45) is 0.286. The van der Waals surface area contributed by atoms with E-state index < -0.39 is 17.9 Å². The average Bonchev–Trinajstić information content (AvgIpc) is 2.52. The van der Waals surface area contributed by atoms with Crippen molar-refractivity contribution in [1.29, 1.82) is 0 Å². The third-order valence-corrected chi connectivity index (χ3v) is 2.44. The summed E-state index contributed by atoms with van der Waals surface area (Å²) in [5.74, 6) is -2.65. The second kappa shape index (κ2) is 8.58. The van der Waals surface area contributed by atoms with E-state index >= 15 is 0 Å². The fourth-order valence-corrected chi connectivity index (χ4v) is 1.34. The van der Waals surface area contributed by atoms with Gasteiger partial charge < -0.3 is 9.84 Å². The minimum absolute atomic E-state index is 0.0172. The molecule has 0 amide bonds. The molecule has 7 nitrogen and oxygen atoms in total. The molecule has 0 atom stereocenters. The third-order valence-electron chi connectivity index (χ3n) is 2.44. The molecule has 0 aliphatic heterocycles. The van der Waals surface area contributed by atoms with E-state index in [1.54, 1.807) is 6.07 Å². The molecule has 0 saturated carbocycles. The Kier molecular flexibility index (Phi) is 6.78. The fraction of sp³-hybridized carbons (Fsp3) is 0.267. The van der Waals surface area contributed by atoms with Gasteiger partial charge in [0.05, 0.1) is 17.7 Å². The van der Waals surface area contributed by atoms with Crippen molar-refractivity contribution in [2.24, 2.45) is 0 Å². The van der Waals surface area contributed by atoms with Crippen LogP contribution in [0.3, 0.4) is 0 Å². The molecule has 1 N–H and O–H groups in total. The number of carbonyl (C=O) groups is 3. The van der Waals surface area contributed by atoms with Crippen molar-refractivity contribution in [3.63, 3.8) is 0 Å². The first kappa shape index (κ1) is 17.4. The van der Waals surface area contributed by atoms with Gasteiger partial charge >= 0.3 is 17.9 Å². The van der Waals surface area contributed by atoms with Crippen LogP contribution >= 0.6 is 0 Å². The predicted molar refractivity (Wildman–Crippen MR) is 74.7 cm³/mol. The fourth-order valence-electron chi connectivity index (χ4n) is 1.34. The summed E-state index contributed by atoms with van der Waals surface area (Å²) in [4.78, 5) is 43.5. The van der Waals surface area contributed by atoms with Gasteiger partial charge in [0.1, 0.15) is 0 Å². The van der Waals surface area contributed by atoms with Crippen LogP contribution in [-0.4, -0.2) is 36.2 Å². The van der Waals surface area contributed by atoms with E-state index in [4.69, 9.17) is 9.84 Å². The van der Waals surface area contributed by atoms with Gasteiger partial charge in [-0.15, -0.1) is 0 Å². The van der Waals surface area contributed by atoms with E-state index in [1.807, 2.05) is 0 Å². The second-order valence-corrected chi connectivity index (χ2v) is 4.28. The molecule has 1 aromatic rings. The van der Waals surface area contributed by atoms with Gasteiger partial charge in [-0.2, -0.15) is 0 Å². The molecule has 22 heavy (non-hydrogen) atoms. The molecule has 0 heterocycles. The van der Waals surface area contributed by atoms with Gasteiger partial charge in [-0.25, -0.2) is 24.2 Å². The minimum Gasteiger partial charge on any atom is -0.462 e. The predicted octanol–water partition coefficient (Wildman–Crippen LogP) is 1.42. The Labute approximate surface area is 127 Å². The van der Waals surface area contributed by atoms with Crippen LogP contribution in [0.15, 0.2) is 36.4 Å². The van der Waals surface area contributed by atoms with Gasteiger partial charge in [0.15, 0.2) is 0 Å². The number of carbonyl (C=O) groups excluding carboxylic acids is 3. The monoisotopic (exact) mass is 308 g/mol. The molecule has 0 spiro atoms. The highest BCUT2D eigenvalue weighted by Gasteiger charge is 2.21. The van der Waals surface area contributed by atoms with Crippen LogP contribution in [-0.2, 0) is 19.3 Å². The maximum absolute atomic E-state index is 11.9. The molecular weight excluding hydrogens is 292 g/mol. The summed E-state index contributed by atoms with van der Waals surface area (Å²) >= 11 is 0. The van der Waals surface area contributed by atoms with Crippen molar-refractivity contribution in [3.05, 3.63) is 47.5 Å². The Bertz CT molecular complexity index is 577. The molecule has 1 rings (SSSR count). The SMILES string of the molecule is C=C(C)C(=O)OOC(=O)c1ccccc1C(=O)OCCCO. The molecule has 1 aromatic carbocycles. The topological polar surface area (TPSA) is 99.1 Å². The van der Waals surface area contributed by atoms with Crippen molar-refractivity contribution in [1.82, 2.24) is 0 Å². The quantitative estimate of drug-likeness (QED) is 0.279. The first-order valence-corrected chi connectivity index (χ1v) is 6.43. The molecule has 0 saturated heterocycles. The summed E-state index contributed by atoms with van der Waals surface area (Å²) in [5.41, 5.74) is -0.0766. The second-order valence-electron chi connectivity index (χ2n) is 4.28. The van der Waals surface area contributed by atoms with Crippen LogP contribution in [0.4, 0.5) is 0 Å². The van der Waals surface area contributed by atoms with Gasteiger partial charge in [-0.1, -0.05) is 18.7 Å². The van der Waals surface area contributed by atoms with Crippen molar-refractivity contribution in [2.45, 2.75) is 13.3 Å². The summed E-state index contributed by atoms with van der Waals surface area (Å²) < 4.78 is 4.89. The average molecular weight is 308 g/mol. The maximum atomic E-state index is 11.9. The third kappa shape index (κ3) is 5.02. The molecule has 0 aromatic heterocycles. The maximum Gasteiger partial charge on any atom is 0.387 e. The lowest BCUT2D eigenvalue weighted by Gasteiger charge is -2.08. The Morgan fingerprint density at radius 1 is 1.09 bits per heavy atom. The summed E-state index contributed by atoms with van der Waals surface area (Å²) in [6, 6.07) is 5.76. The zero-order valence-corrected chi connectivity index (χ0v) is 12.0. The number of aliphatic hydroxyl groups excluding tert-OH is 1. The molecule has 0 unspecified atom stereocenters. The lowest BCUT2D eigenvalue weighted by Crippen LogP contribution is -2.16. The Balaban J connectivity index is 2.78. The molecule has 0 aliphatic rings. The molecule has 0 bridgehead atoms. The highest BCUT2D eigenvalue weighted by molar-refractivity contribution is 6.03. The first-order chi connectivity index (χ1) is 10.5. The summed E-state index contributed by atoms with van der Waals surface area (Å²) in [6.45, 7) is 4.62. The van der Waals surface area contributed by atoms with Gasteiger partial charge in [0.2, 0.25) is 0 Å². The Morgan fingerprint density at radius 2 is 1.68 bits per heavy atom. The zero-order chi connectivity index (χ0) is 16.5. The lowest BCUT2D eigenvalue weighted by atomic mass is 10.1. The number of hydrogen-bond donors (Lipinski definition) is 1. The van der Waals surface area contributed by atoms with Gasteiger partial charge in [0, 0.05) is 18.6 Å². The van der Waals surface area contributed by atoms with Crippen LogP contribution in [0.25, 0.3) is 0 Å². The number of hydrogen-bond acceptors (Lipinski definition) is 7. The number of esters is 1. The smallest absolute Gasteiger partial charge is 0.387 e. The van der Waals surface area contributed by atoms with Crippen molar-refractivity contribution in [2.75, 3.05) is 13.2 Å². The lowest BCUT2D eigenvalue weighted by molar-refractivity contribution is -0.229. The van der Waals surface area contributed by atoms with Gasteiger partial charge in [-0.3, -0.25) is 0 Å². The molecule has 0 radical (unpaired) electrons. The van der Waals surface area contributed by atoms with Crippen molar-refractivity contribution < 1.29 is 34.0 Å². The van der Waals surface area contributed by atoms with Crippen LogP contribution in [0.1, 0.15) is 34.1 Å². The van der Waals surface area contributed by atoms with Gasteiger partial charge in [0.25, 0.3) is 0 Å². The highest BCUT2D eigenvalue weighted by Crippen LogP contribution is 2.12. The Morgan fingerprint density at radius 3 is 2.23 bits per heavy atom. The van der Waals surface area contributed by atoms with E-state index in [9.17, 15) is 14.4 Å². The van der Waals surface area contributed by atoms with Crippen LogP contribution in [0.2, 0.25) is 0 Å². The van der Waals surface area contributed by atoms with Gasteiger partial charge in [-0.05, 0) is 19.1 Å². The van der Waals surface area contributed by atoms with Crippen molar-refractivity contribution in [3.8, 4) is 0 Å². The zero-order valence-electron chi connectivity index (χ0n) is 12.0. The number of benzene rings is 1. The summed E-state index contributed by atoms with van der Waals surface area (Å²) in [7, 11) is 0. The summed E-state index contributed by atoms with van der Waals surface area (Å²) in [5, 5.41) is 8.64. The Hall–Kier alpha value is -2.67. The van der Waals surface area contributed by atoms with E-state index in [1.165, 1.54) is 25.1 Å². The molecule has 118 valence electrons. The molecular formula is C15H16O7. The largest absolute Gasteiger partial charge is 0.462 e. The standard InChI is InChI=1S/C15H16O7/c1-10(2)13(17)21-22-15(19)12-7-4-3-6-11(12)14(18)20-9-5-8-16/h3-4,6-7,16H,1,5,8-9H2,2H3. The normalized spacial score (nSPS) is 9.73. The van der Waals surface area contributed by atoms with Crippen molar-refractivity contribution >= 4 is 17.9 Å². The van der Waals surface area contributed by atoms with E-state index in [0.29, 0.717) is 0 Å². The van der Waals surface area contributed by atoms with E-state index in [2.05, 4.69) is 16.4 Å². The number of aliphatic hydroxyl groups is 1. The number of ether oxygens (including phenoxy) is 1. The minimum atomic E-state index is -1.01. The van der Waals surface area contributed by atoms with E-state index in [-0.39, 0.29) is 36.3 Å². The molecule has 7 heteroatoms. The molecule has 0 fully saturated rings. The van der Waals surface area contributed by atoms with Crippen LogP contribution < -0.4 is 0 Å². The van der Waals surface area contributed by atoms with Crippen LogP contribution in [0.5, 0.6) is 0 Å². The first-order valence-electron chi connectivity index (χ1n) is 6.43. The number of rotatable bonds is 6. The van der Waals surface area contributed by atoms with Crippen LogP contribution in [0, 0.1) is 0 Å². The highest BCUT2D eigenvalue weighted by atomic mass is 17.2.